The van der Waals surface area contributed by atoms with Gasteiger partial charge in [-0.3, -0.25) is 10.1 Å². The smallest absolute Gasteiger partial charge is 0.257 e. The first kappa shape index (κ1) is 20.5. The van der Waals surface area contributed by atoms with Crippen LogP contribution in [0, 0.1) is 34.5 Å². The summed E-state index contributed by atoms with van der Waals surface area (Å²) >= 11 is 0. The van der Waals surface area contributed by atoms with Gasteiger partial charge in [-0.2, -0.15) is 14.8 Å². The van der Waals surface area contributed by atoms with Crippen LogP contribution in [0.1, 0.15) is 42.0 Å². The lowest BCUT2D eigenvalue weighted by Crippen LogP contribution is -2.42. The maximum Gasteiger partial charge on any atom is 0.257 e. The first-order chi connectivity index (χ1) is 13.7. The van der Waals surface area contributed by atoms with Crippen LogP contribution in [0.2, 0.25) is 0 Å². The van der Waals surface area contributed by atoms with E-state index in [1.54, 1.807) is 12.1 Å². The Morgan fingerprint density at radius 3 is 2.31 bits per heavy atom. The Kier molecular flexibility index (Phi) is 5.69. The van der Waals surface area contributed by atoms with Crippen LogP contribution < -0.4 is 5.32 Å². The molecule has 1 aromatic heterocycles. The quantitative estimate of drug-likeness (QED) is 0.787. The van der Waals surface area contributed by atoms with Crippen LogP contribution in [0.15, 0.2) is 29.2 Å². The predicted octanol–water partition coefficient (Wildman–Crippen LogP) is 2.07. The SMILES string of the molecule is C[C@@H]1C[C@H](C)CN(S(=O)(=O)c2ccc(C(=O)Nc3nc(C#N)c(C#N)[nH]3)cc2)C1. The molecule has 0 saturated carbocycles. The summed E-state index contributed by atoms with van der Waals surface area (Å²) in [6.45, 7) is 5.04. The second-order valence-electron chi connectivity index (χ2n) is 7.28. The average Bonchev–Trinajstić information content (AvgIpc) is 3.09. The fraction of sp³-hybridized carbons (Fsp3) is 0.368. The molecular weight excluding hydrogens is 392 g/mol. The van der Waals surface area contributed by atoms with Crippen LogP contribution in [0.5, 0.6) is 0 Å². The number of sulfonamides is 1. The summed E-state index contributed by atoms with van der Waals surface area (Å²) in [4.78, 5) is 18.9. The lowest BCUT2D eigenvalue weighted by atomic mass is 9.94. The zero-order valence-electron chi connectivity index (χ0n) is 16.0. The van der Waals surface area contributed by atoms with Crippen molar-refractivity contribution in [3.8, 4) is 12.1 Å². The molecule has 1 aliphatic rings. The fourth-order valence-electron chi connectivity index (χ4n) is 3.50. The Morgan fingerprint density at radius 1 is 1.17 bits per heavy atom. The summed E-state index contributed by atoms with van der Waals surface area (Å²) in [5, 5.41) is 20.3. The van der Waals surface area contributed by atoms with E-state index in [1.807, 2.05) is 13.8 Å². The Bertz CT molecular complexity index is 1070. The molecule has 0 unspecified atom stereocenters. The number of nitrogens with zero attached hydrogens (tertiary/aromatic N) is 4. The standard InChI is InChI=1S/C19H20N6O3S/c1-12-7-13(2)11-25(10-12)29(27,28)15-5-3-14(4-6-15)18(26)24-19-22-16(8-20)17(9-21)23-19/h3-6,12-13H,7,10-11H2,1-2H3,(H2,22,23,24,26)/t12-,13+. The number of rotatable bonds is 4. The van der Waals surface area contributed by atoms with Crippen LogP contribution >= 0.6 is 0 Å². The number of aromatic nitrogens is 2. The van der Waals surface area contributed by atoms with Crippen molar-refractivity contribution in [1.29, 1.82) is 10.5 Å². The summed E-state index contributed by atoms with van der Waals surface area (Å²) in [5.74, 6) is 0.0138. The van der Waals surface area contributed by atoms with Gasteiger partial charge in [-0.05, 0) is 42.5 Å². The molecule has 1 fully saturated rings. The monoisotopic (exact) mass is 412 g/mol. The number of hydrogen-bond donors (Lipinski definition) is 2. The van der Waals surface area contributed by atoms with Gasteiger partial charge in [0.05, 0.1) is 4.90 Å². The number of hydrogen-bond acceptors (Lipinski definition) is 6. The predicted molar refractivity (Wildman–Crippen MR) is 104 cm³/mol. The number of anilines is 1. The van der Waals surface area contributed by atoms with Gasteiger partial charge < -0.3 is 4.98 Å². The van der Waals surface area contributed by atoms with Gasteiger partial charge in [-0.25, -0.2) is 13.4 Å². The molecule has 2 aromatic rings. The number of benzene rings is 1. The van der Waals surface area contributed by atoms with E-state index in [1.165, 1.54) is 28.6 Å². The highest BCUT2D eigenvalue weighted by Crippen LogP contribution is 2.26. The Labute approximate surface area is 169 Å². The number of H-pyrrole nitrogens is 1. The van der Waals surface area contributed by atoms with Crippen LogP contribution in [0.4, 0.5) is 5.95 Å². The summed E-state index contributed by atoms with van der Waals surface area (Å²) in [6, 6.07) is 9.16. The normalized spacial score (nSPS) is 19.9. The number of nitrogens with one attached hydrogen (secondary N) is 2. The highest BCUT2D eigenvalue weighted by Gasteiger charge is 2.31. The Hall–Kier alpha value is -3.21. The molecule has 9 nitrogen and oxygen atoms in total. The van der Waals surface area contributed by atoms with Gasteiger partial charge in [0.1, 0.15) is 12.1 Å². The zero-order valence-corrected chi connectivity index (χ0v) is 16.8. The Balaban J connectivity index is 1.76. The molecule has 3 rings (SSSR count). The van der Waals surface area contributed by atoms with E-state index >= 15 is 0 Å². The number of amides is 1. The third-order valence-corrected chi connectivity index (χ3v) is 6.59. The molecular formula is C19H20N6O3S. The molecule has 1 saturated heterocycles. The molecule has 0 bridgehead atoms. The summed E-state index contributed by atoms with van der Waals surface area (Å²) in [5.41, 5.74) is 0.0567. The minimum absolute atomic E-state index is 0.0314. The maximum atomic E-state index is 12.9. The van der Waals surface area contributed by atoms with Crippen molar-refractivity contribution in [3.05, 3.63) is 41.2 Å². The second kappa shape index (κ2) is 8.03. The van der Waals surface area contributed by atoms with Crippen molar-refractivity contribution in [2.24, 2.45) is 11.8 Å². The van der Waals surface area contributed by atoms with Gasteiger partial charge in [0, 0.05) is 18.7 Å². The lowest BCUT2D eigenvalue weighted by molar-refractivity contribution is 0.102. The highest BCUT2D eigenvalue weighted by atomic mass is 32.2. The molecule has 1 amide bonds. The third-order valence-electron chi connectivity index (χ3n) is 4.74. The van der Waals surface area contributed by atoms with E-state index in [-0.39, 0.29) is 27.8 Å². The van der Waals surface area contributed by atoms with E-state index in [0.717, 1.165) is 6.42 Å². The van der Waals surface area contributed by atoms with E-state index in [0.29, 0.717) is 24.9 Å². The van der Waals surface area contributed by atoms with Gasteiger partial charge in [-0.15, -0.1) is 0 Å². The number of aromatic amines is 1. The van der Waals surface area contributed by atoms with E-state index in [2.05, 4.69) is 15.3 Å². The van der Waals surface area contributed by atoms with Crippen molar-refractivity contribution in [3.63, 3.8) is 0 Å². The van der Waals surface area contributed by atoms with Crippen molar-refractivity contribution in [2.45, 2.75) is 25.2 Å². The first-order valence-electron chi connectivity index (χ1n) is 9.06. The van der Waals surface area contributed by atoms with Gasteiger partial charge >= 0.3 is 0 Å². The molecule has 1 aliphatic heterocycles. The number of piperidine rings is 1. The van der Waals surface area contributed by atoms with Crippen LogP contribution in [-0.2, 0) is 10.0 Å². The van der Waals surface area contributed by atoms with Crippen molar-refractivity contribution in [1.82, 2.24) is 14.3 Å². The van der Waals surface area contributed by atoms with Crippen LogP contribution in [0.25, 0.3) is 0 Å². The van der Waals surface area contributed by atoms with Crippen LogP contribution in [-0.4, -0.2) is 41.7 Å². The molecule has 29 heavy (non-hydrogen) atoms. The molecule has 10 heteroatoms. The van der Waals surface area contributed by atoms with E-state index in [4.69, 9.17) is 10.5 Å². The minimum Gasteiger partial charge on any atom is -0.314 e. The van der Waals surface area contributed by atoms with Gasteiger partial charge in [0.2, 0.25) is 16.0 Å². The molecule has 150 valence electrons. The maximum absolute atomic E-state index is 12.9. The van der Waals surface area contributed by atoms with Crippen molar-refractivity contribution >= 4 is 21.9 Å². The summed E-state index contributed by atoms with van der Waals surface area (Å²) in [7, 11) is -3.63. The number of imidazole rings is 1. The molecule has 1 aromatic carbocycles. The summed E-state index contributed by atoms with van der Waals surface area (Å²) < 4.78 is 27.3. The average molecular weight is 412 g/mol. The Morgan fingerprint density at radius 2 is 1.79 bits per heavy atom. The lowest BCUT2D eigenvalue weighted by Gasteiger charge is -2.34. The highest BCUT2D eigenvalue weighted by molar-refractivity contribution is 7.89. The van der Waals surface area contributed by atoms with Crippen LogP contribution in [0.3, 0.4) is 0 Å². The molecule has 0 aliphatic carbocycles. The topological polar surface area (TPSA) is 143 Å². The third kappa shape index (κ3) is 4.29. The summed E-state index contributed by atoms with van der Waals surface area (Å²) in [6.07, 6.45) is 0.999. The van der Waals surface area contributed by atoms with Gasteiger partial charge in [0.15, 0.2) is 11.4 Å². The van der Waals surface area contributed by atoms with Gasteiger partial charge in [0.25, 0.3) is 5.91 Å². The largest absolute Gasteiger partial charge is 0.314 e. The zero-order chi connectivity index (χ0) is 21.2. The molecule has 0 radical (unpaired) electrons. The molecule has 0 spiro atoms. The van der Waals surface area contributed by atoms with Crippen molar-refractivity contribution in [2.75, 3.05) is 18.4 Å². The number of carbonyl (C=O) groups excluding carboxylic acids is 1. The molecule has 2 heterocycles. The first-order valence-corrected chi connectivity index (χ1v) is 10.5. The second-order valence-corrected chi connectivity index (χ2v) is 9.22. The van der Waals surface area contributed by atoms with Crippen molar-refractivity contribution < 1.29 is 13.2 Å². The van der Waals surface area contributed by atoms with Gasteiger partial charge in [-0.1, -0.05) is 13.8 Å². The number of carbonyl (C=O) groups is 1. The number of nitriles is 2. The molecule has 2 N–H and O–H groups in total. The van der Waals surface area contributed by atoms with E-state index < -0.39 is 15.9 Å². The molecule has 2 atom stereocenters. The van der Waals surface area contributed by atoms with E-state index in [9.17, 15) is 13.2 Å². The fourth-order valence-corrected chi connectivity index (χ4v) is 5.18. The minimum atomic E-state index is -3.63.